The first kappa shape index (κ1) is 32.8. The molecule has 3 nitrogen and oxygen atoms in total. The van der Waals surface area contributed by atoms with Crippen molar-refractivity contribution >= 4 is 60.8 Å². The molecule has 0 aliphatic carbocycles. The van der Waals surface area contributed by atoms with Gasteiger partial charge in [-0.05, 0) is 100 Å². The van der Waals surface area contributed by atoms with E-state index < -0.39 is 0 Å². The maximum atomic E-state index is 6.44. The highest BCUT2D eigenvalue weighted by Gasteiger charge is 2.22. The summed E-state index contributed by atoms with van der Waals surface area (Å²) in [6.07, 6.45) is 0. The maximum absolute atomic E-state index is 6.44. The zero-order chi connectivity index (χ0) is 37.7. The van der Waals surface area contributed by atoms with Crippen LogP contribution in [0.25, 0.3) is 82.8 Å². The standard InChI is InChI=1S/C54H36N2O/c1-4-16-37(17-5-1)43-35-34-42(36-47(43)38-18-6-2-7-19-38)55(50-27-15-29-52-54(50)46-23-11-13-28-51(46)57-52)41-32-30-39(31-33-41)44-24-14-26-49-53(44)45-22-10-12-25-48(45)56(49)40-20-8-3-9-21-40/h1-36H. The van der Waals surface area contributed by atoms with Crippen LogP contribution in [0.3, 0.4) is 0 Å². The van der Waals surface area contributed by atoms with Crippen molar-refractivity contribution in [3.8, 4) is 39.1 Å². The Labute approximate surface area is 330 Å². The molecule has 2 heterocycles. The molecule has 9 aromatic carbocycles. The van der Waals surface area contributed by atoms with Crippen molar-refractivity contribution in [1.29, 1.82) is 0 Å². The summed E-state index contributed by atoms with van der Waals surface area (Å²) in [5.41, 5.74) is 15.5. The zero-order valence-electron chi connectivity index (χ0n) is 31.1. The fourth-order valence-corrected chi connectivity index (χ4v) is 8.67. The number of anilines is 3. The fourth-order valence-electron chi connectivity index (χ4n) is 8.67. The van der Waals surface area contributed by atoms with Gasteiger partial charge in [0.05, 0.1) is 22.1 Å². The second kappa shape index (κ2) is 13.6. The van der Waals surface area contributed by atoms with Crippen LogP contribution in [0.15, 0.2) is 223 Å². The Hall–Kier alpha value is -7.62. The first-order valence-corrected chi connectivity index (χ1v) is 19.4. The SMILES string of the molecule is c1ccc(-c2ccc(N(c3ccc(-c4cccc5c4c4ccccc4n5-c4ccccc4)cc3)c3cccc4oc5ccccc5c34)cc2-c2ccccc2)cc1. The highest BCUT2D eigenvalue weighted by molar-refractivity contribution is 6.16. The van der Waals surface area contributed by atoms with Crippen molar-refractivity contribution < 1.29 is 4.42 Å². The van der Waals surface area contributed by atoms with Crippen LogP contribution >= 0.6 is 0 Å². The van der Waals surface area contributed by atoms with Crippen LogP contribution in [0.5, 0.6) is 0 Å². The Bertz CT molecular complexity index is 3220. The molecule has 0 bridgehead atoms. The van der Waals surface area contributed by atoms with Crippen LogP contribution in [0.1, 0.15) is 0 Å². The van der Waals surface area contributed by atoms with Crippen LogP contribution in [0, 0.1) is 0 Å². The third-order valence-electron chi connectivity index (χ3n) is 11.2. The zero-order valence-corrected chi connectivity index (χ0v) is 31.1. The molecule has 57 heavy (non-hydrogen) atoms. The van der Waals surface area contributed by atoms with Crippen molar-refractivity contribution in [1.82, 2.24) is 4.57 Å². The third-order valence-corrected chi connectivity index (χ3v) is 11.2. The molecular weight excluding hydrogens is 693 g/mol. The molecule has 0 atom stereocenters. The van der Waals surface area contributed by atoms with E-state index in [-0.39, 0.29) is 0 Å². The van der Waals surface area contributed by atoms with Crippen LogP contribution in [0.4, 0.5) is 17.1 Å². The summed E-state index contributed by atoms with van der Waals surface area (Å²) in [7, 11) is 0. The first-order chi connectivity index (χ1) is 28.3. The number of benzene rings is 9. The van der Waals surface area contributed by atoms with Gasteiger partial charge in [0.1, 0.15) is 11.2 Å². The molecule has 0 saturated heterocycles. The first-order valence-electron chi connectivity index (χ1n) is 19.4. The quantitative estimate of drug-likeness (QED) is 0.163. The molecule has 0 N–H and O–H groups in total. The summed E-state index contributed by atoms with van der Waals surface area (Å²) in [5, 5.41) is 4.67. The van der Waals surface area contributed by atoms with E-state index in [2.05, 4.69) is 222 Å². The molecule has 0 radical (unpaired) electrons. The average molecular weight is 729 g/mol. The summed E-state index contributed by atoms with van der Waals surface area (Å²) < 4.78 is 8.82. The Morgan fingerprint density at radius 3 is 1.70 bits per heavy atom. The fraction of sp³-hybridized carbons (Fsp3) is 0. The number of aromatic nitrogens is 1. The lowest BCUT2D eigenvalue weighted by Gasteiger charge is -2.27. The number of nitrogens with zero attached hydrogens (tertiary/aromatic N) is 2. The minimum Gasteiger partial charge on any atom is -0.456 e. The van der Waals surface area contributed by atoms with Crippen molar-refractivity contribution in [2.45, 2.75) is 0 Å². The maximum Gasteiger partial charge on any atom is 0.137 e. The monoisotopic (exact) mass is 728 g/mol. The largest absolute Gasteiger partial charge is 0.456 e. The van der Waals surface area contributed by atoms with E-state index >= 15 is 0 Å². The summed E-state index contributed by atoms with van der Waals surface area (Å²) in [5.74, 6) is 0. The van der Waals surface area contributed by atoms with E-state index in [1.165, 1.54) is 49.6 Å². The van der Waals surface area contributed by atoms with E-state index in [4.69, 9.17) is 4.42 Å². The van der Waals surface area contributed by atoms with E-state index in [9.17, 15) is 0 Å². The van der Waals surface area contributed by atoms with Crippen molar-refractivity contribution in [2.75, 3.05) is 4.90 Å². The molecule has 2 aromatic heterocycles. The van der Waals surface area contributed by atoms with Crippen LogP contribution in [-0.2, 0) is 0 Å². The molecule has 0 spiro atoms. The number of fused-ring (bicyclic) bond motifs is 6. The van der Waals surface area contributed by atoms with Crippen LogP contribution in [-0.4, -0.2) is 4.57 Å². The summed E-state index contributed by atoms with van der Waals surface area (Å²) in [4.78, 5) is 2.39. The van der Waals surface area contributed by atoms with E-state index in [0.717, 1.165) is 50.3 Å². The molecule has 0 aliphatic heterocycles. The molecule has 0 fully saturated rings. The lowest BCUT2D eigenvalue weighted by molar-refractivity contribution is 0.669. The minimum atomic E-state index is 0.862. The Kier molecular flexibility index (Phi) is 7.82. The Balaban J connectivity index is 1.12. The van der Waals surface area contributed by atoms with Crippen LogP contribution < -0.4 is 4.90 Å². The highest BCUT2D eigenvalue weighted by atomic mass is 16.3. The van der Waals surface area contributed by atoms with Gasteiger partial charge < -0.3 is 13.9 Å². The predicted octanol–water partition coefficient (Wildman–Crippen LogP) is 15.2. The third kappa shape index (κ3) is 5.51. The number of rotatable bonds is 7. The van der Waals surface area contributed by atoms with E-state index in [1.807, 2.05) is 6.07 Å². The van der Waals surface area contributed by atoms with Crippen molar-refractivity contribution in [2.24, 2.45) is 0 Å². The van der Waals surface area contributed by atoms with E-state index in [1.54, 1.807) is 0 Å². The van der Waals surface area contributed by atoms with Gasteiger partial charge in [0.2, 0.25) is 0 Å². The van der Waals surface area contributed by atoms with E-state index in [0.29, 0.717) is 0 Å². The summed E-state index contributed by atoms with van der Waals surface area (Å²) in [6, 6.07) is 78.1. The molecule has 3 heteroatoms. The van der Waals surface area contributed by atoms with Gasteiger partial charge in [-0.2, -0.15) is 0 Å². The Morgan fingerprint density at radius 1 is 0.351 bits per heavy atom. The van der Waals surface area contributed by atoms with Gasteiger partial charge in [-0.3, -0.25) is 0 Å². The van der Waals surface area contributed by atoms with Gasteiger partial charge in [-0.1, -0.05) is 152 Å². The van der Waals surface area contributed by atoms with Crippen LogP contribution in [0.2, 0.25) is 0 Å². The molecule has 11 rings (SSSR count). The Morgan fingerprint density at radius 2 is 0.930 bits per heavy atom. The number of hydrogen-bond donors (Lipinski definition) is 0. The smallest absolute Gasteiger partial charge is 0.137 e. The van der Waals surface area contributed by atoms with Gasteiger partial charge in [0, 0.05) is 33.2 Å². The molecule has 0 unspecified atom stereocenters. The van der Waals surface area contributed by atoms with Gasteiger partial charge in [-0.25, -0.2) is 0 Å². The number of furan rings is 1. The predicted molar refractivity (Wildman–Crippen MR) is 239 cm³/mol. The highest BCUT2D eigenvalue weighted by Crippen LogP contribution is 2.46. The second-order valence-electron chi connectivity index (χ2n) is 14.5. The lowest BCUT2D eigenvalue weighted by Crippen LogP contribution is -2.10. The normalized spacial score (nSPS) is 11.5. The number of hydrogen-bond acceptors (Lipinski definition) is 2. The molecule has 0 amide bonds. The van der Waals surface area contributed by atoms with Gasteiger partial charge in [-0.15, -0.1) is 0 Å². The van der Waals surface area contributed by atoms with Gasteiger partial charge in [0.15, 0.2) is 0 Å². The molecule has 0 saturated carbocycles. The summed E-state index contributed by atoms with van der Waals surface area (Å²) in [6.45, 7) is 0. The average Bonchev–Trinajstić information content (AvgIpc) is 3.84. The van der Waals surface area contributed by atoms with Gasteiger partial charge >= 0.3 is 0 Å². The second-order valence-corrected chi connectivity index (χ2v) is 14.5. The van der Waals surface area contributed by atoms with Crippen molar-refractivity contribution in [3.05, 3.63) is 218 Å². The minimum absolute atomic E-state index is 0.862. The lowest BCUT2D eigenvalue weighted by atomic mass is 9.93. The molecule has 0 aliphatic rings. The number of para-hydroxylation sites is 3. The molecule has 11 aromatic rings. The molecular formula is C54H36N2O. The molecule has 268 valence electrons. The van der Waals surface area contributed by atoms with Gasteiger partial charge in [0.25, 0.3) is 0 Å². The van der Waals surface area contributed by atoms with Crippen molar-refractivity contribution in [3.63, 3.8) is 0 Å². The summed E-state index contributed by atoms with van der Waals surface area (Å²) >= 11 is 0. The topological polar surface area (TPSA) is 21.3 Å².